The van der Waals surface area contributed by atoms with E-state index >= 15 is 0 Å². The molecule has 0 aliphatic rings. The van der Waals surface area contributed by atoms with Gasteiger partial charge < -0.3 is 0 Å². The van der Waals surface area contributed by atoms with Crippen LogP contribution in [-0.2, 0) is 0 Å². The molecule has 4 heavy (non-hydrogen) atoms. The average molecular weight is 75.9 g/mol. The van der Waals surface area contributed by atoms with Crippen LogP contribution < -0.4 is 0 Å². The van der Waals surface area contributed by atoms with Crippen LogP contribution >= 0.6 is 9.12 Å². The lowest BCUT2D eigenvalue weighted by Gasteiger charge is -1.42. The minimum absolute atomic E-state index is 0. The molecule has 0 bridgehead atoms. The summed E-state index contributed by atoms with van der Waals surface area (Å²) in [6.45, 7) is 3.88. The standard InChI is InChI=1S/CH5BP.CH4/c1-2-3;/h3H2,1H3;1H4/p+1. The Kier molecular flexibility index (Phi) is 21.5. The van der Waals surface area contributed by atoms with Gasteiger partial charge in [0.15, 0.2) is 0 Å². The van der Waals surface area contributed by atoms with Gasteiger partial charge in [0, 0.05) is 0 Å². The van der Waals surface area contributed by atoms with E-state index in [0.29, 0.717) is 0 Å². The molecular formula is C2H10BP+. The second kappa shape index (κ2) is 9.73. The van der Waals surface area contributed by atoms with E-state index in [-0.39, 0.29) is 8.85 Å². The maximum Gasteiger partial charge on any atom is 1.00 e. The van der Waals surface area contributed by atoms with Crippen LogP contribution in [0.15, 0.2) is 0 Å². The fraction of sp³-hybridized carbons (Fsp3) is 1.00. The molecule has 0 saturated heterocycles. The van der Waals surface area contributed by atoms with Crippen molar-refractivity contribution >= 4 is 16.1 Å². The topological polar surface area (TPSA) is 0 Å². The van der Waals surface area contributed by atoms with Crippen molar-refractivity contribution < 1.29 is 1.43 Å². The van der Waals surface area contributed by atoms with Gasteiger partial charge in [0.2, 0.25) is 0 Å². The normalized spacial score (nSPS) is 3.50. The number of hydrogen-bond acceptors (Lipinski definition) is 0. The molecule has 0 nitrogen and oxygen atoms in total. The molecule has 0 amide bonds. The molecule has 0 aromatic heterocycles. The van der Waals surface area contributed by atoms with Crippen molar-refractivity contribution in [1.29, 1.82) is 0 Å². The van der Waals surface area contributed by atoms with Crippen LogP contribution in [0, 0.1) is 0 Å². The molecule has 25 valence electrons. The van der Waals surface area contributed by atoms with Gasteiger partial charge in [-0.05, 0) is 0 Å². The van der Waals surface area contributed by atoms with E-state index in [4.69, 9.17) is 0 Å². The number of hydrogen-bond donors (Lipinski definition) is 0. The highest BCUT2D eigenvalue weighted by atomic mass is 31.0. The van der Waals surface area contributed by atoms with Crippen LogP contribution in [0.2, 0.25) is 6.82 Å². The minimum Gasteiger partial charge on any atom is -0.178 e. The Hall–Kier alpha value is 0.495. The molecule has 0 saturated carbocycles. The molecular weight excluding hydrogens is 65.8 g/mol. The Morgan fingerprint density at radius 2 is 2.00 bits per heavy atom. The average Bonchev–Trinajstić information content (AvgIpc) is 0.918. The van der Waals surface area contributed by atoms with Gasteiger partial charge in [0.05, 0.1) is 0 Å². The molecule has 0 fully saturated rings. The monoisotopic (exact) mass is 76.1 g/mol. The molecule has 0 aromatic rings. The minimum atomic E-state index is 0. The van der Waals surface area contributed by atoms with E-state index in [1.165, 1.54) is 0 Å². The van der Waals surface area contributed by atoms with Crippen molar-refractivity contribution in [3.05, 3.63) is 0 Å². The predicted molar refractivity (Wildman–Crippen MR) is 29.2 cm³/mol. The summed E-state index contributed by atoms with van der Waals surface area (Å²) in [4.78, 5) is 0. The Morgan fingerprint density at radius 1 is 2.00 bits per heavy atom. The molecule has 0 spiro atoms. The maximum absolute atomic E-state index is 2.45. The van der Waals surface area contributed by atoms with Crippen LogP contribution in [0.3, 0.4) is 0 Å². The van der Waals surface area contributed by atoms with Gasteiger partial charge in [0.25, 0.3) is 0 Å². The summed E-state index contributed by atoms with van der Waals surface area (Å²) in [6.07, 6.45) is 0. The largest absolute Gasteiger partial charge is 1.00 e. The highest BCUT2D eigenvalue weighted by Gasteiger charge is 1.42. The lowest BCUT2D eigenvalue weighted by Crippen LogP contribution is -1.43. The van der Waals surface area contributed by atoms with Crippen LogP contribution in [-0.4, -0.2) is 7.00 Å². The quantitative estimate of drug-likeness (QED) is 0.301. The third-order valence-electron chi connectivity index (χ3n) is 0. The van der Waals surface area contributed by atoms with Crippen LogP contribution in [0.5, 0.6) is 0 Å². The highest BCUT2D eigenvalue weighted by Crippen LogP contribution is 1.63. The van der Waals surface area contributed by atoms with Crippen LogP contribution in [0.4, 0.5) is 0 Å². The van der Waals surface area contributed by atoms with Crippen molar-refractivity contribution in [3.63, 3.8) is 0 Å². The van der Waals surface area contributed by atoms with Gasteiger partial charge in [-0.25, -0.2) is 0 Å². The molecule has 1 atom stereocenters. The fourth-order valence-electron chi connectivity index (χ4n) is 0. The van der Waals surface area contributed by atoms with Gasteiger partial charge in [0.1, 0.15) is 7.00 Å². The summed E-state index contributed by atoms with van der Waals surface area (Å²) in [5, 5.41) is 0. The molecule has 0 N–H and O–H groups in total. The van der Waals surface area contributed by atoms with Crippen molar-refractivity contribution in [2.24, 2.45) is 0 Å². The molecule has 0 rings (SSSR count). The first kappa shape index (κ1) is 8.82. The van der Waals surface area contributed by atoms with Gasteiger partial charge in [-0.15, -0.1) is 0 Å². The van der Waals surface area contributed by atoms with Crippen LogP contribution in [0.25, 0.3) is 0 Å². The number of rotatable bonds is 0. The van der Waals surface area contributed by atoms with E-state index in [1.54, 1.807) is 0 Å². The summed E-state index contributed by atoms with van der Waals surface area (Å²) in [6, 6.07) is 0. The van der Waals surface area contributed by atoms with E-state index in [0.717, 1.165) is 0 Å². The van der Waals surface area contributed by atoms with E-state index in [2.05, 4.69) is 9.12 Å². The maximum atomic E-state index is 2.45. The predicted octanol–water partition coefficient (Wildman–Crippen LogP) is 1.28. The molecule has 0 aromatic carbocycles. The third kappa shape index (κ3) is 22.8. The zero-order chi connectivity index (χ0) is 2.71. The summed E-state index contributed by atoms with van der Waals surface area (Å²) < 4.78 is 0. The van der Waals surface area contributed by atoms with E-state index in [9.17, 15) is 0 Å². The smallest absolute Gasteiger partial charge is 0.178 e. The van der Waals surface area contributed by atoms with Gasteiger partial charge in [-0.2, -0.15) is 9.12 Å². The van der Waals surface area contributed by atoms with E-state index < -0.39 is 0 Å². The van der Waals surface area contributed by atoms with Crippen molar-refractivity contribution in [3.8, 4) is 0 Å². The van der Waals surface area contributed by atoms with Crippen LogP contribution in [0.1, 0.15) is 8.85 Å². The summed E-state index contributed by atoms with van der Waals surface area (Å²) in [5.74, 6) is 0. The Bertz CT molecular complexity index is 9.61. The SMILES string of the molecule is C.C[B]P.[H+]. The summed E-state index contributed by atoms with van der Waals surface area (Å²) >= 11 is 0. The zero-order valence-electron chi connectivity index (χ0n) is 3.15. The first-order valence-corrected chi connectivity index (χ1v) is 1.58. The molecule has 1 unspecified atom stereocenters. The first-order valence-electron chi connectivity index (χ1n) is 0.911. The van der Waals surface area contributed by atoms with E-state index in [1.807, 2.05) is 13.8 Å². The zero-order valence-corrected chi connectivity index (χ0v) is 3.31. The Morgan fingerprint density at radius 3 is 2.00 bits per heavy atom. The summed E-state index contributed by atoms with van der Waals surface area (Å²) in [7, 11) is 2.45. The second-order valence-corrected chi connectivity index (χ2v) is 1.00. The first-order chi connectivity index (χ1) is 1.41. The van der Waals surface area contributed by atoms with Crippen molar-refractivity contribution in [2.45, 2.75) is 14.2 Å². The van der Waals surface area contributed by atoms with Gasteiger partial charge in [-0.3, -0.25) is 0 Å². The molecule has 0 aliphatic heterocycles. The Labute approximate surface area is 32.9 Å². The lowest BCUT2D eigenvalue weighted by molar-refractivity contribution is 2.38. The summed E-state index contributed by atoms with van der Waals surface area (Å²) in [5.41, 5.74) is 0. The van der Waals surface area contributed by atoms with Gasteiger partial charge in [-0.1, -0.05) is 14.2 Å². The highest BCUT2D eigenvalue weighted by molar-refractivity contribution is 7.55. The molecule has 2 heteroatoms. The van der Waals surface area contributed by atoms with Crippen molar-refractivity contribution in [1.82, 2.24) is 0 Å². The second-order valence-electron chi connectivity index (χ2n) is 0.333. The van der Waals surface area contributed by atoms with Gasteiger partial charge >= 0.3 is 1.43 Å². The lowest BCUT2D eigenvalue weighted by atomic mass is 10.2. The molecule has 0 heterocycles. The Balaban J connectivity index is -0.0000000200. The molecule has 0 aliphatic carbocycles. The third-order valence-corrected chi connectivity index (χ3v) is 0. The van der Waals surface area contributed by atoms with Crippen molar-refractivity contribution in [2.75, 3.05) is 0 Å². The fourth-order valence-corrected chi connectivity index (χ4v) is 0. The molecule has 1 radical (unpaired) electrons.